The van der Waals surface area contributed by atoms with Crippen LogP contribution in [-0.4, -0.2) is 30.6 Å². The quantitative estimate of drug-likeness (QED) is 0.643. The van der Waals surface area contributed by atoms with Gasteiger partial charge in [0.15, 0.2) is 0 Å². The van der Waals surface area contributed by atoms with Gasteiger partial charge in [0, 0.05) is 42.4 Å². The lowest BCUT2D eigenvalue weighted by Crippen LogP contribution is -2.44. The number of nitrogens with zero attached hydrogens (tertiary/aromatic N) is 1. The highest BCUT2D eigenvalue weighted by atomic mass is 19.1. The molecule has 0 aromatic heterocycles. The van der Waals surface area contributed by atoms with Crippen molar-refractivity contribution in [3.05, 3.63) is 75.1 Å². The number of amides is 1. The minimum atomic E-state index is -0.495. The summed E-state index contributed by atoms with van der Waals surface area (Å²) in [6, 6.07) is 10.8. The number of rotatable bonds is 5. The average molecular weight is 372 g/mol. The number of nitro groups is 1. The molecule has 1 saturated heterocycles. The Balaban J connectivity index is 1.82. The second-order valence-corrected chi connectivity index (χ2v) is 6.79. The van der Waals surface area contributed by atoms with Crippen molar-refractivity contribution in [1.29, 1.82) is 0 Å². The SMILES string of the molecule is Cc1c(C(=O)NCC2(c3ccc(F)cc3)CCOCC2)cccc1[N+](=O)[O-]. The molecule has 6 nitrogen and oxygen atoms in total. The molecule has 1 fully saturated rings. The first-order chi connectivity index (χ1) is 12.9. The predicted molar refractivity (Wildman–Crippen MR) is 98.3 cm³/mol. The summed E-state index contributed by atoms with van der Waals surface area (Å²) in [6.45, 7) is 3.03. The third kappa shape index (κ3) is 3.98. The number of nitro benzene ring substituents is 1. The summed E-state index contributed by atoms with van der Waals surface area (Å²) >= 11 is 0. The van der Waals surface area contributed by atoms with Crippen LogP contribution in [0.15, 0.2) is 42.5 Å². The molecule has 2 aromatic carbocycles. The molecular formula is C20H21FN2O4. The van der Waals surface area contributed by atoms with E-state index in [2.05, 4.69) is 5.32 Å². The molecule has 1 heterocycles. The fraction of sp³-hybridized carbons (Fsp3) is 0.350. The number of carbonyl (C=O) groups is 1. The number of nitrogens with one attached hydrogen (secondary N) is 1. The Kier molecular flexibility index (Phi) is 5.51. The third-order valence-electron chi connectivity index (χ3n) is 5.24. The summed E-state index contributed by atoms with van der Waals surface area (Å²) in [5.41, 5.74) is 1.13. The van der Waals surface area contributed by atoms with Gasteiger partial charge in [-0.15, -0.1) is 0 Å². The Morgan fingerprint density at radius 1 is 1.22 bits per heavy atom. The molecule has 0 radical (unpaired) electrons. The maximum atomic E-state index is 13.3. The topological polar surface area (TPSA) is 81.5 Å². The minimum absolute atomic E-state index is 0.0815. The van der Waals surface area contributed by atoms with E-state index in [4.69, 9.17) is 4.74 Å². The van der Waals surface area contributed by atoms with Crippen molar-refractivity contribution in [1.82, 2.24) is 5.32 Å². The van der Waals surface area contributed by atoms with E-state index in [1.54, 1.807) is 25.1 Å². The maximum absolute atomic E-state index is 13.3. The Labute approximate surface area is 156 Å². The average Bonchev–Trinajstić information content (AvgIpc) is 2.67. The molecule has 0 bridgehead atoms. The first-order valence-corrected chi connectivity index (χ1v) is 8.79. The van der Waals surface area contributed by atoms with E-state index in [1.807, 2.05) is 0 Å². The standard InChI is InChI=1S/C20H21FN2O4/c1-14-17(3-2-4-18(14)23(25)26)19(24)22-13-20(9-11-27-12-10-20)15-5-7-16(21)8-6-15/h2-8H,9-13H2,1H3,(H,22,24). The Hall–Kier alpha value is -2.80. The van der Waals surface area contributed by atoms with Gasteiger partial charge in [-0.3, -0.25) is 14.9 Å². The molecule has 3 rings (SSSR count). The zero-order valence-corrected chi connectivity index (χ0v) is 15.0. The van der Waals surface area contributed by atoms with E-state index in [0.29, 0.717) is 38.2 Å². The Morgan fingerprint density at radius 2 is 1.89 bits per heavy atom. The first-order valence-electron chi connectivity index (χ1n) is 8.79. The molecule has 0 unspecified atom stereocenters. The van der Waals surface area contributed by atoms with Crippen LogP contribution in [-0.2, 0) is 10.2 Å². The van der Waals surface area contributed by atoms with Crippen molar-refractivity contribution in [2.75, 3.05) is 19.8 Å². The molecule has 0 saturated carbocycles. The Bertz CT molecular complexity index is 846. The Morgan fingerprint density at radius 3 is 2.52 bits per heavy atom. The molecule has 2 aromatic rings. The zero-order chi connectivity index (χ0) is 19.4. The molecule has 1 amide bonds. The van der Waals surface area contributed by atoms with Crippen LogP contribution in [0.2, 0.25) is 0 Å². The van der Waals surface area contributed by atoms with Gasteiger partial charge >= 0.3 is 0 Å². The molecule has 1 N–H and O–H groups in total. The van der Waals surface area contributed by atoms with Gasteiger partial charge in [-0.05, 0) is 43.5 Å². The fourth-order valence-corrected chi connectivity index (χ4v) is 3.55. The number of halogens is 1. The van der Waals surface area contributed by atoms with Crippen LogP contribution >= 0.6 is 0 Å². The van der Waals surface area contributed by atoms with E-state index in [1.165, 1.54) is 24.3 Å². The van der Waals surface area contributed by atoms with Crippen molar-refractivity contribution >= 4 is 11.6 Å². The first kappa shape index (κ1) is 19.0. The lowest BCUT2D eigenvalue weighted by Gasteiger charge is -2.38. The number of hydrogen-bond donors (Lipinski definition) is 1. The molecule has 1 aliphatic heterocycles. The van der Waals surface area contributed by atoms with E-state index >= 15 is 0 Å². The van der Waals surface area contributed by atoms with Gasteiger partial charge in [0.05, 0.1) is 4.92 Å². The molecule has 27 heavy (non-hydrogen) atoms. The number of ether oxygens (including phenoxy) is 1. The summed E-state index contributed by atoms with van der Waals surface area (Å²) in [7, 11) is 0. The fourth-order valence-electron chi connectivity index (χ4n) is 3.55. The van der Waals surface area contributed by atoms with Gasteiger partial charge in [-0.1, -0.05) is 18.2 Å². The van der Waals surface area contributed by atoms with E-state index in [9.17, 15) is 19.3 Å². The monoisotopic (exact) mass is 372 g/mol. The lowest BCUT2D eigenvalue weighted by atomic mass is 9.74. The smallest absolute Gasteiger partial charge is 0.273 e. The second-order valence-electron chi connectivity index (χ2n) is 6.79. The van der Waals surface area contributed by atoms with Crippen molar-refractivity contribution in [3.63, 3.8) is 0 Å². The normalized spacial score (nSPS) is 15.9. The van der Waals surface area contributed by atoms with Gasteiger partial charge in [-0.2, -0.15) is 0 Å². The summed E-state index contributed by atoms with van der Waals surface area (Å²) in [6.07, 6.45) is 1.40. The van der Waals surface area contributed by atoms with Crippen LogP contribution in [0.1, 0.15) is 34.3 Å². The molecule has 0 aliphatic carbocycles. The van der Waals surface area contributed by atoms with E-state index in [0.717, 1.165) is 5.56 Å². The lowest BCUT2D eigenvalue weighted by molar-refractivity contribution is -0.385. The van der Waals surface area contributed by atoms with Crippen LogP contribution in [0.3, 0.4) is 0 Å². The highest BCUT2D eigenvalue weighted by molar-refractivity contribution is 5.96. The van der Waals surface area contributed by atoms with Gasteiger partial charge in [0.25, 0.3) is 11.6 Å². The van der Waals surface area contributed by atoms with Crippen molar-refractivity contribution in [3.8, 4) is 0 Å². The van der Waals surface area contributed by atoms with E-state index < -0.39 is 4.92 Å². The van der Waals surface area contributed by atoms with Gasteiger partial charge < -0.3 is 10.1 Å². The maximum Gasteiger partial charge on any atom is 0.273 e. The largest absolute Gasteiger partial charge is 0.381 e. The van der Waals surface area contributed by atoms with Gasteiger partial charge in [-0.25, -0.2) is 4.39 Å². The van der Waals surface area contributed by atoms with Crippen LogP contribution in [0.4, 0.5) is 10.1 Å². The summed E-state index contributed by atoms with van der Waals surface area (Å²) in [5, 5.41) is 14.0. The predicted octanol–water partition coefficient (Wildman–Crippen LogP) is 3.52. The summed E-state index contributed by atoms with van der Waals surface area (Å²) in [5.74, 6) is -0.665. The molecule has 142 valence electrons. The molecular weight excluding hydrogens is 351 g/mol. The molecule has 0 spiro atoms. The van der Waals surface area contributed by atoms with Gasteiger partial charge in [0.1, 0.15) is 5.82 Å². The van der Waals surface area contributed by atoms with Crippen LogP contribution in [0, 0.1) is 22.9 Å². The number of hydrogen-bond acceptors (Lipinski definition) is 4. The zero-order valence-electron chi connectivity index (χ0n) is 15.0. The van der Waals surface area contributed by atoms with E-state index in [-0.39, 0.29) is 28.4 Å². The highest BCUT2D eigenvalue weighted by Crippen LogP contribution is 2.34. The number of carbonyl (C=O) groups excluding carboxylic acids is 1. The van der Waals surface area contributed by atoms with Crippen LogP contribution in [0.5, 0.6) is 0 Å². The summed E-state index contributed by atoms with van der Waals surface area (Å²) in [4.78, 5) is 23.3. The minimum Gasteiger partial charge on any atom is -0.381 e. The molecule has 0 atom stereocenters. The number of benzene rings is 2. The molecule has 1 aliphatic rings. The van der Waals surface area contributed by atoms with Gasteiger partial charge in [0.2, 0.25) is 0 Å². The van der Waals surface area contributed by atoms with Crippen molar-refractivity contribution in [2.24, 2.45) is 0 Å². The van der Waals surface area contributed by atoms with Crippen LogP contribution < -0.4 is 5.32 Å². The summed E-state index contributed by atoms with van der Waals surface area (Å²) < 4.78 is 18.8. The second kappa shape index (κ2) is 7.84. The van der Waals surface area contributed by atoms with Crippen molar-refractivity contribution < 1.29 is 18.8 Å². The van der Waals surface area contributed by atoms with Crippen LogP contribution in [0.25, 0.3) is 0 Å². The van der Waals surface area contributed by atoms with Crippen molar-refractivity contribution in [2.45, 2.75) is 25.2 Å². The molecule has 7 heteroatoms. The third-order valence-corrected chi connectivity index (χ3v) is 5.24. The highest BCUT2D eigenvalue weighted by Gasteiger charge is 2.35.